The second-order valence-corrected chi connectivity index (χ2v) is 3.53. The summed E-state index contributed by atoms with van der Waals surface area (Å²) in [6.45, 7) is 1.76. The number of aliphatic hydroxyl groups is 1. The fourth-order valence-electron chi connectivity index (χ4n) is 1.37. The highest BCUT2D eigenvalue weighted by atomic mass is 16.6. The zero-order valence-electron chi connectivity index (χ0n) is 9.38. The number of nitriles is 1. The summed E-state index contributed by atoms with van der Waals surface area (Å²) in [6.07, 6.45) is 0.646. The maximum absolute atomic E-state index is 10.8. The average molecular weight is 235 g/mol. The third-order valence-corrected chi connectivity index (χ3v) is 2.40. The Kier molecular flexibility index (Phi) is 4.43. The molecule has 0 bridgehead atoms. The second kappa shape index (κ2) is 5.82. The van der Waals surface area contributed by atoms with E-state index in [2.05, 4.69) is 5.32 Å². The molecule has 1 atom stereocenters. The predicted octanol–water partition coefficient (Wildman–Crippen LogP) is 1.65. The molecule has 0 fully saturated rings. The average Bonchev–Trinajstić information content (AvgIpc) is 2.35. The van der Waals surface area contributed by atoms with Gasteiger partial charge in [-0.1, -0.05) is 6.92 Å². The predicted molar refractivity (Wildman–Crippen MR) is 62.6 cm³/mol. The first-order valence-electron chi connectivity index (χ1n) is 5.18. The Morgan fingerprint density at radius 1 is 1.65 bits per heavy atom. The molecule has 90 valence electrons. The number of nitrogens with zero attached hydrogens (tertiary/aromatic N) is 2. The van der Waals surface area contributed by atoms with Crippen molar-refractivity contribution in [2.75, 3.05) is 11.9 Å². The summed E-state index contributed by atoms with van der Waals surface area (Å²) in [5.41, 5.74) is 0.394. The van der Waals surface area contributed by atoms with E-state index < -0.39 is 4.92 Å². The third kappa shape index (κ3) is 3.16. The molecule has 0 aliphatic rings. The van der Waals surface area contributed by atoms with Gasteiger partial charge in [0.1, 0.15) is 5.69 Å². The lowest BCUT2D eigenvalue weighted by atomic mass is 10.1. The molecule has 0 aliphatic heterocycles. The number of aliphatic hydroxyl groups excluding tert-OH is 1. The summed E-state index contributed by atoms with van der Waals surface area (Å²) in [5.74, 6) is 0. The van der Waals surface area contributed by atoms with Crippen LogP contribution in [0.15, 0.2) is 18.2 Å². The van der Waals surface area contributed by atoms with Gasteiger partial charge in [0.25, 0.3) is 5.69 Å². The lowest BCUT2D eigenvalue weighted by Gasteiger charge is -2.15. The molecule has 0 saturated heterocycles. The Bertz CT molecular complexity index is 450. The molecule has 6 nitrogen and oxygen atoms in total. The number of nitrogens with one attached hydrogen (secondary N) is 1. The summed E-state index contributed by atoms with van der Waals surface area (Å²) in [5, 5.41) is 31.4. The molecule has 6 heteroatoms. The summed E-state index contributed by atoms with van der Waals surface area (Å²) < 4.78 is 0. The fourth-order valence-corrected chi connectivity index (χ4v) is 1.37. The minimum atomic E-state index is -0.548. The molecule has 17 heavy (non-hydrogen) atoms. The van der Waals surface area contributed by atoms with E-state index in [4.69, 9.17) is 10.4 Å². The van der Waals surface area contributed by atoms with Crippen LogP contribution in [-0.4, -0.2) is 22.7 Å². The smallest absolute Gasteiger partial charge is 0.293 e. The number of hydrogen-bond donors (Lipinski definition) is 2. The van der Waals surface area contributed by atoms with Gasteiger partial charge in [-0.15, -0.1) is 0 Å². The molecule has 0 spiro atoms. The molecule has 0 unspecified atom stereocenters. The Balaban J connectivity index is 3.07. The Labute approximate surface area is 98.6 Å². The van der Waals surface area contributed by atoms with Crippen molar-refractivity contribution in [2.24, 2.45) is 0 Å². The van der Waals surface area contributed by atoms with Crippen LogP contribution in [0.4, 0.5) is 11.4 Å². The highest BCUT2D eigenvalue weighted by molar-refractivity contribution is 5.64. The maximum atomic E-state index is 10.8. The van der Waals surface area contributed by atoms with Crippen LogP contribution >= 0.6 is 0 Å². The molecule has 0 amide bonds. The molecule has 1 aromatic rings. The SMILES string of the molecule is CC[C@@H](CO)Nc1ccc(C#N)cc1[N+](=O)[O-]. The molecular weight excluding hydrogens is 222 g/mol. The summed E-state index contributed by atoms with van der Waals surface area (Å²) in [4.78, 5) is 10.3. The zero-order valence-corrected chi connectivity index (χ0v) is 9.38. The van der Waals surface area contributed by atoms with E-state index >= 15 is 0 Å². The highest BCUT2D eigenvalue weighted by Gasteiger charge is 2.16. The Morgan fingerprint density at radius 2 is 2.35 bits per heavy atom. The zero-order chi connectivity index (χ0) is 12.8. The van der Waals surface area contributed by atoms with E-state index in [1.807, 2.05) is 13.0 Å². The van der Waals surface area contributed by atoms with Crippen LogP contribution in [0.25, 0.3) is 0 Å². The first-order valence-corrected chi connectivity index (χ1v) is 5.18. The van der Waals surface area contributed by atoms with Crippen molar-refractivity contribution in [3.8, 4) is 6.07 Å². The van der Waals surface area contributed by atoms with Gasteiger partial charge in [-0.05, 0) is 18.6 Å². The van der Waals surface area contributed by atoms with E-state index in [0.29, 0.717) is 12.1 Å². The minimum Gasteiger partial charge on any atom is -0.394 e. The molecule has 0 radical (unpaired) electrons. The number of anilines is 1. The first-order chi connectivity index (χ1) is 8.12. The molecule has 0 aliphatic carbocycles. The first kappa shape index (κ1) is 12.9. The fraction of sp³-hybridized carbons (Fsp3) is 0.364. The van der Waals surface area contributed by atoms with Gasteiger partial charge in [0, 0.05) is 12.1 Å². The molecule has 1 rings (SSSR count). The molecule has 0 heterocycles. The normalized spacial score (nSPS) is 11.6. The van der Waals surface area contributed by atoms with E-state index in [-0.39, 0.29) is 23.9 Å². The van der Waals surface area contributed by atoms with E-state index in [0.717, 1.165) is 0 Å². The lowest BCUT2D eigenvalue weighted by molar-refractivity contribution is -0.384. The molecule has 0 saturated carbocycles. The number of benzene rings is 1. The summed E-state index contributed by atoms with van der Waals surface area (Å²) in [7, 11) is 0. The maximum Gasteiger partial charge on any atom is 0.293 e. The standard InChI is InChI=1S/C11H13N3O3/c1-2-9(7-15)13-10-4-3-8(6-12)5-11(10)14(16)17/h3-5,9,13,15H,2,7H2,1H3/t9-/m0/s1. The van der Waals surface area contributed by atoms with Crippen molar-refractivity contribution in [1.82, 2.24) is 0 Å². The van der Waals surface area contributed by atoms with Crippen molar-refractivity contribution in [1.29, 1.82) is 5.26 Å². The Morgan fingerprint density at radius 3 is 2.82 bits per heavy atom. The topological polar surface area (TPSA) is 99.2 Å². The minimum absolute atomic E-state index is 0.104. The van der Waals surface area contributed by atoms with Gasteiger partial charge in [0.05, 0.1) is 23.2 Å². The van der Waals surface area contributed by atoms with Gasteiger partial charge in [0.15, 0.2) is 0 Å². The van der Waals surface area contributed by atoms with Gasteiger partial charge in [-0.3, -0.25) is 10.1 Å². The van der Waals surface area contributed by atoms with Crippen LogP contribution in [0.3, 0.4) is 0 Å². The van der Waals surface area contributed by atoms with Gasteiger partial charge < -0.3 is 10.4 Å². The van der Waals surface area contributed by atoms with Crippen molar-refractivity contribution in [3.63, 3.8) is 0 Å². The number of rotatable bonds is 5. The number of nitro groups is 1. The van der Waals surface area contributed by atoms with Gasteiger partial charge in [-0.25, -0.2) is 0 Å². The van der Waals surface area contributed by atoms with Crippen molar-refractivity contribution in [3.05, 3.63) is 33.9 Å². The Hall–Kier alpha value is -2.13. The lowest BCUT2D eigenvalue weighted by Crippen LogP contribution is -2.23. The van der Waals surface area contributed by atoms with Crippen molar-refractivity contribution >= 4 is 11.4 Å². The third-order valence-electron chi connectivity index (χ3n) is 2.40. The summed E-state index contributed by atoms with van der Waals surface area (Å²) in [6, 6.07) is 5.81. The number of hydrogen-bond acceptors (Lipinski definition) is 5. The second-order valence-electron chi connectivity index (χ2n) is 3.53. The summed E-state index contributed by atoms with van der Waals surface area (Å²) >= 11 is 0. The van der Waals surface area contributed by atoms with Crippen LogP contribution in [0.2, 0.25) is 0 Å². The van der Waals surface area contributed by atoms with Crippen LogP contribution in [0.1, 0.15) is 18.9 Å². The van der Waals surface area contributed by atoms with E-state index in [1.54, 1.807) is 0 Å². The van der Waals surface area contributed by atoms with Crippen LogP contribution in [0.5, 0.6) is 0 Å². The van der Waals surface area contributed by atoms with Crippen LogP contribution in [-0.2, 0) is 0 Å². The largest absolute Gasteiger partial charge is 0.394 e. The quantitative estimate of drug-likeness (QED) is 0.597. The number of nitro benzene ring substituents is 1. The molecule has 0 aromatic heterocycles. The van der Waals surface area contributed by atoms with Crippen LogP contribution in [0, 0.1) is 21.4 Å². The van der Waals surface area contributed by atoms with E-state index in [9.17, 15) is 10.1 Å². The molecule has 1 aromatic carbocycles. The van der Waals surface area contributed by atoms with E-state index in [1.165, 1.54) is 18.2 Å². The van der Waals surface area contributed by atoms with Crippen LogP contribution < -0.4 is 5.32 Å². The molecule has 2 N–H and O–H groups in total. The van der Waals surface area contributed by atoms with Gasteiger partial charge in [-0.2, -0.15) is 5.26 Å². The monoisotopic (exact) mass is 235 g/mol. The molecular formula is C11H13N3O3. The van der Waals surface area contributed by atoms with Gasteiger partial charge in [0.2, 0.25) is 0 Å². The van der Waals surface area contributed by atoms with Crippen molar-refractivity contribution < 1.29 is 10.0 Å². The highest BCUT2D eigenvalue weighted by Crippen LogP contribution is 2.26. The van der Waals surface area contributed by atoms with Crippen molar-refractivity contribution in [2.45, 2.75) is 19.4 Å². The van der Waals surface area contributed by atoms with Gasteiger partial charge >= 0.3 is 0 Å².